The number of aromatic amines is 1. The molecule has 3 heterocycles. The van der Waals surface area contributed by atoms with Crippen LogP contribution >= 0.6 is 0 Å². The Morgan fingerprint density at radius 2 is 2.16 bits per heavy atom. The van der Waals surface area contributed by atoms with Crippen LogP contribution in [0.4, 0.5) is 15.9 Å². The Hall–Kier alpha value is -2.96. The quantitative estimate of drug-likeness (QED) is 0.541. The fourth-order valence-electron chi connectivity index (χ4n) is 3.07. The van der Waals surface area contributed by atoms with Gasteiger partial charge in [-0.1, -0.05) is 25.4 Å². The van der Waals surface area contributed by atoms with Gasteiger partial charge in [-0.2, -0.15) is 5.10 Å². The van der Waals surface area contributed by atoms with Crippen LogP contribution < -0.4 is 5.32 Å². The molecule has 1 unspecified atom stereocenters. The van der Waals surface area contributed by atoms with Crippen LogP contribution in [0.2, 0.25) is 0 Å². The number of nitrogens with zero attached hydrogens (tertiary/aromatic N) is 3. The number of rotatable bonds is 5. The summed E-state index contributed by atoms with van der Waals surface area (Å²) >= 11 is 0. The number of halogens is 1. The van der Waals surface area contributed by atoms with Gasteiger partial charge in [0, 0.05) is 23.1 Å². The van der Waals surface area contributed by atoms with E-state index in [4.69, 9.17) is 4.52 Å². The molecule has 0 aliphatic heterocycles. The standard InChI is InChI=1S/C18H18FN5O/c1-3-4-10(2)16-13-6-5-12(8-15(13)25-24-16)21-18-14-7-11(19)9-20-17(14)22-23-18/h5-10H,3-4H2,1-2H3,(H2,20,21,22,23). The lowest BCUT2D eigenvalue weighted by atomic mass is 9.99. The van der Waals surface area contributed by atoms with E-state index < -0.39 is 5.82 Å². The number of hydrogen-bond donors (Lipinski definition) is 2. The highest BCUT2D eigenvalue weighted by Gasteiger charge is 2.15. The molecule has 1 atom stereocenters. The lowest BCUT2D eigenvalue weighted by Crippen LogP contribution is -1.94. The van der Waals surface area contributed by atoms with E-state index in [2.05, 4.69) is 39.5 Å². The van der Waals surface area contributed by atoms with Crippen molar-refractivity contribution in [3.8, 4) is 0 Å². The smallest absolute Gasteiger partial charge is 0.169 e. The van der Waals surface area contributed by atoms with Gasteiger partial charge in [-0.15, -0.1) is 0 Å². The van der Waals surface area contributed by atoms with Crippen molar-refractivity contribution in [2.45, 2.75) is 32.6 Å². The van der Waals surface area contributed by atoms with E-state index in [1.165, 1.54) is 6.07 Å². The molecule has 7 heteroatoms. The molecule has 25 heavy (non-hydrogen) atoms. The first kappa shape index (κ1) is 15.6. The van der Waals surface area contributed by atoms with Crippen molar-refractivity contribution in [1.29, 1.82) is 0 Å². The third-order valence-electron chi connectivity index (χ3n) is 4.33. The highest BCUT2D eigenvalue weighted by Crippen LogP contribution is 2.31. The SMILES string of the molecule is CCCC(C)c1noc2cc(Nc3n[nH]c4ncc(F)cc34)ccc12. The third kappa shape index (κ3) is 2.82. The largest absolute Gasteiger partial charge is 0.356 e. The van der Waals surface area contributed by atoms with Gasteiger partial charge < -0.3 is 9.84 Å². The number of hydrogen-bond acceptors (Lipinski definition) is 5. The van der Waals surface area contributed by atoms with Crippen LogP contribution in [0, 0.1) is 5.82 Å². The van der Waals surface area contributed by atoms with Gasteiger partial charge in [0.15, 0.2) is 17.0 Å². The monoisotopic (exact) mass is 339 g/mol. The topological polar surface area (TPSA) is 79.6 Å². The first-order valence-corrected chi connectivity index (χ1v) is 8.31. The van der Waals surface area contributed by atoms with E-state index in [-0.39, 0.29) is 0 Å². The maximum Gasteiger partial charge on any atom is 0.169 e. The molecule has 0 saturated carbocycles. The zero-order valence-corrected chi connectivity index (χ0v) is 14.0. The predicted molar refractivity (Wildman–Crippen MR) is 94.5 cm³/mol. The Kier molecular flexibility index (Phi) is 3.83. The lowest BCUT2D eigenvalue weighted by Gasteiger charge is -2.06. The Morgan fingerprint density at radius 1 is 1.28 bits per heavy atom. The predicted octanol–water partition coefficient (Wildman–Crippen LogP) is 4.89. The molecule has 0 fully saturated rings. The van der Waals surface area contributed by atoms with E-state index >= 15 is 0 Å². The molecule has 0 bridgehead atoms. The zero-order valence-electron chi connectivity index (χ0n) is 14.0. The number of fused-ring (bicyclic) bond motifs is 2. The first-order chi connectivity index (χ1) is 12.2. The van der Waals surface area contributed by atoms with E-state index in [1.807, 2.05) is 18.2 Å². The normalized spacial score (nSPS) is 12.8. The molecule has 0 saturated heterocycles. The first-order valence-electron chi connectivity index (χ1n) is 8.31. The molecule has 0 spiro atoms. The highest BCUT2D eigenvalue weighted by atomic mass is 19.1. The zero-order chi connectivity index (χ0) is 17.4. The average Bonchev–Trinajstić information content (AvgIpc) is 3.19. The van der Waals surface area contributed by atoms with Crippen LogP contribution in [0.25, 0.3) is 22.0 Å². The van der Waals surface area contributed by atoms with Crippen molar-refractivity contribution in [2.75, 3.05) is 5.32 Å². The maximum atomic E-state index is 13.4. The van der Waals surface area contributed by atoms with Gasteiger partial charge in [-0.3, -0.25) is 5.10 Å². The number of anilines is 2. The molecule has 128 valence electrons. The summed E-state index contributed by atoms with van der Waals surface area (Å²) in [5.74, 6) is 0.465. The molecule has 0 radical (unpaired) electrons. The van der Waals surface area contributed by atoms with Gasteiger partial charge in [0.25, 0.3) is 0 Å². The van der Waals surface area contributed by atoms with Gasteiger partial charge >= 0.3 is 0 Å². The minimum atomic E-state index is -0.405. The second kappa shape index (κ2) is 6.16. The summed E-state index contributed by atoms with van der Waals surface area (Å²) in [5.41, 5.74) is 3.02. The molecule has 3 aromatic heterocycles. The second-order valence-electron chi connectivity index (χ2n) is 6.22. The number of benzene rings is 1. The van der Waals surface area contributed by atoms with Gasteiger partial charge in [-0.05, 0) is 24.6 Å². The number of H-pyrrole nitrogens is 1. The van der Waals surface area contributed by atoms with Crippen molar-refractivity contribution in [3.63, 3.8) is 0 Å². The molecule has 0 aliphatic carbocycles. The maximum absolute atomic E-state index is 13.4. The van der Waals surface area contributed by atoms with Crippen LogP contribution in [0.1, 0.15) is 38.3 Å². The van der Waals surface area contributed by atoms with Crippen LogP contribution in [-0.2, 0) is 0 Å². The van der Waals surface area contributed by atoms with Crippen LogP contribution in [0.3, 0.4) is 0 Å². The molecule has 6 nitrogen and oxygen atoms in total. The van der Waals surface area contributed by atoms with Gasteiger partial charge in [0.05, 0.1) is 17.3 Å². The van der Waals surface area contributed by atoms with Crippen LogP contribution in [0.15, 0.2) is 35.0 Å². The minimum absolute atomic E-state index is 0.356. The number of pyridine rings is 1. The van der Waals surface area contributed by atoms with E-state index in [1.54, 1.807) is 0 Å². The fourth-order valence-corrected chi connectivity index (χ4v) is 3.07. The second-order valence-corrected chi connectivity index (χ2v) is 6.22. The molecule has 0 aliphatic rings. The van der Waals surface area contributed by atoms with Gasteiger partial charge in [0.2, 0.25) is 0 Å². The molecular formula is C18H18FN5O. The Bertz CT molecular complexity index is 1040. The molecule has 2 N–H and O–H groups in total. The van der Waals surface area contributed by atoms with Crippen molar-refractivity contribution < 1.29 is 8.91 Å². The van der Waals surface area contributed by atoms with Crippen LogP contribution in [-0.4, -0.2) is 20.3 Å². The Balaban J connectivity index is 1.67. The van der Waals surface area contributed by atoms with Crippen LogP contribution in [0.5, 0.6) is 0 Å². The summed E-state index contributed by atoms with van der Waals surface area (Å²) in [6.45, 7) is 4.32. The number of nitrogens with one attached hydrogen (secondary N) is 2. The molecule has 4 rings (SSSR count). The molecule has 4 aromatic rings. The summed E-state index contributed by atoms with van der Waals surface area (Å²) in [4.78, 5) is 3.97. The van der Waals surface area contributed by atoms with E-state index in [0.29, 0.717) is 28.4 Å². The fraction of sp³-hybridized carbons (Fsp3) is 0.278. The van der Waals surface area contributed by atoms with E-state index in [0.717, 1.165) is 35.8 Å². The average molecular weight is 339 g/mol. The van der Waals surface area contributed by atoms with E-state index in [9.17, 15) is 4.39 Å². The molecule has 0 amide bonds. The van der Waals surface area contributed by atoms with Gasteiger partial charge in [-0.25, -0.2) is 9.37 Å². The summed E-state index contributed by atoms with van der Waals surface area (Å²) in [6.07, 6.45) is 3.33. The van der Waals surface area contributed by atoms with Crippen molar-refractivity contribution in [3.05, 3.63) is 42.0 Å². The molecular weight excluding hydrogens is 321 g/mol. The minimum Gasteiger partial charge on any atom is -0.356 e. The third-order valence-corrected chi connectivity index (χ3v) is 4.33. The summed E-state index contributed by atoms with van der Waals surface area (Å²) < 4.78 is 18.9. The van der Waals surface area contributed by atoms with Crippen molar-refractivity contribution >= 4 is 33.5 Å². The van der Waals surface area contributed by atoms with Crippen molar-refractivity contribution in [2.24, 2.45) is 0 Å². The van der Waals surface area contributed by atoms with Crippen molar-refractivity contribution in [1.82, 2.24) is 20.3 Å². The summed E-state index contributed by atoms with van der Waals surface area (Å²) in [6, 6.07) is 7.20. The number of aromatic nitrogens is 4. The summed E-state index contributed by atoms with van der Waals surface area (Å²) in [7, 11) is 0. The summed E-state index contributed by atoms with van der Waals surface area (Å²) in [5, 5.41) is 16.0. The van der Waals surface area contributed by atoms with Gasteiger partial charge in [0.1, 0.15) is 5.82 Å². The highest BCUT2D eigenvalue weighted by molar-refractivity contribution is 5.90. The Labute approximate surface area is 143 Å². The Morgan fingerprint density at radius 3 is 3.00 bits per heavy atom. The molecule has 1 aromatic carbocycles. The lowest BCUT2D eigenvalue weighted by molar-refractivity contribution is 0.436.